The van der Waals surface area contributed by atoms with Gasteiger partial charge in [-0.05, 0) is 30.7 Å². The molecule has 1 aliphatic rings. The van der Waals surface area contributed by atoms with Crippen molar-refractivity contribution in [1.82, 2.24) is 10.6 Å². The molecule has 1 aromatic carbocycles. The zero-order valence-electron chi connectivity index (χ0n) is 8.09. The predicted octanol–water partition coefficient (Wildman–Crippen LogP) is 1.44. The Morgan fingerprint density at radius 1 is 1.29 bits per heavy atom. The van der Waals surface area contributed by atoms with Crippen LogP contribution in [0.15, 0.2) is 24.3 Å². The van der Waals surface area contributed by atoms with Gasteiger partial charge in [0.25, 0.3) is 0 Å². The largest absolute Gasteiger partial charge is 0.314 e. The topological polar surface area (TPSA) is 24.1 Å². The molecular weight excluding hydrogens is 196 g/mol. The molecular formula is C11H15ClN2. The van der Waals surface area contributed by atoms with Gasteiger partial charge < -0.3 is 10.6 Å². The van der Waals surface area contributed by atoms with Crippen LogP contribution >= 0.6 is 11.6 Å². The Hall–Kier alpha value is -0.570. The maximum atomic E-state index is 5.80. The van der Waals surface area contributed by atoms with E-state index in [9.17, 15) is 0 Å². The Labute approximate surface area is 89.7 Å². The van der Waals surface area contributed by atoms with Gasteiger partial charge in [-0.2, -0.15) is 0 Å². The second kappa shape index (κ2) is 4.78. The Balaban J connectivity index is 1.71. The molecule has 1 saturated heterocycles. The first-order chi connectivity index (χ1) is 6.84. The summed E-state index contributed by atoms with van der Waals surface area (Å²) in [5.74, 6) is 0. The summed E-state index contributed by atoms with van der Waals surface area (Å²) in [5, 5.41) is 7.53. The highest BCUT2D eigenvalue weighted by Crippen LogP contribution is 2.09. The van der Waals surface area contributed by atoms with E-state index in [4.69, 9.17) is 11.6 Å². The van der Waals surface area contributed by atoms with E-state index in [1.807, 2.05) is 12.1 Å². The number of hydrogen-bond acceptors (Lipinski definition) is 2. The minimum absolute atomic E-state index is 0.683. The van der Waals surface area contributed by atoms with Crippen LogP contribution in [-0.4, -0.2) is 25.7 Å². The smallest absolute Gasteiger partial charge is 0.0406 e. The number of rotatable bonds is 4. The summed E-state index contributed by atoms with van der Waals surface area (Å²) in [6, 6.07) is 8.75. The van der Waals surface area contributed by atoms with Crippen LogP contribution in [0.25, 0.3) is 0 Å². The molecule has 1 heterocycles. The fraction of sp³-hybridized carbons (Fsp3) is 0.455. The van der Waals surface area contributed by atoms with Gasteiger partial charge in [-0.25, -0.2) is 0 Å². The number of halogens is 1. The van der Waals surface area contributed by atoms with Crippen LogP contribution in [0, 0.1) is 0 Å². The predicted molar refractivity (Wildman–Crippen MR) is 59.8 cm³/mol. The molecule has 0 aromatic heterocycles. The molecule has 0 bridgehead atoms. The summed E-state index contributed by atoms with van der Waals surface area (Å²) in [6.45, 7) is 3.27. The van der Waals surface area contributed by atoms with Crippen LogP contribution < -0.4 is 10.6 Å². The van der Waals surface area contributed by atoms with Gasteiger partial charge in [-0.1, -0.05) is 23.7 Å². The fourth-order valence-electron chi connectivity index (χ4n) is 1.50. The molecule has 0 atom stereocenters. The summed E-state index contributed by atoms with van der Waals surface area (Å²) in [6.07, 6.45) is 1.08. The lowest BCUT2D eigenvalue weighted by atomic mass is 10.1. The van der Waals surface area contributed by atoms with Gasteiger partial charge in [0.2, 0.25) is 0 Å². The Bertz CT molecular complexity index is 280. The summed E-state index contributed by atoms with van der Waals surface area (Å²) in [7, 11) is 0. The lowest BCUT2D eigenvalue weighted by molar-refractivity contribution is 0.369. The molecule has 14 heavy (non-hydrogen) atoms. The highest BCUT2D eigenvalue weighted by atomic mass is 35.5. The van der Waals surface area contributed by atoms with Crippen molar-refractivity contribution in [3.05, 3.63) is 34.9 Å². The Morgan fingerprint density at radius 3 is 2.57 bits per heavy atom. The monoisotopic (exact) mass is 210 g/mol. The molecule has 2 nitrogen and oxygen atoms in total. The van der Waals surface area contributed by atoms with E-state index in [2.05, 4.69) is 22.8 Å². The van der Waals surface area contributed by atoms with Gasteiger partial charge in [0.1, 0.15) is 0 Å². The molecule has 0 aliphatic carbocycles. The quantitative estimate of drug-likeness (QED) is 0.786. The van der Waals surface area contributed by atoms with E-state index < -0.39 is 0 Å². The Morgan fingerprint density at radius 2 is 2.00 bits per heavy atom. The molecule has 1 fully saturated rings. The van der Waals surface area contributed by atoms with E-state index in [0.29, 0.717) is 6.04 Å². The second-order valence-corrected chi connectivity index (χ2v) is 4.12. The molecule has 0 saturated carbocycles. The van der Waals surface area contributed by atoms with Crippen molar-refractivity contribution in [2.75, 3.05) is 19.6 Å². The third kappa shape index (κ3) is 2.71. The summed E-state index contributed by atoms with van der Waals surface area (Å²) in [5.41, 5.74) is 1.34. The summed E-state index contributed by atoms with van der Waals surface area (Å²) in [4.78, 5) is 0. The molecule has 0 unspecified atom stereocenters. The van der Waals surface area contributed by atoms with Crippen LogP contribution in [0.3, 0.4) is 0 Å². The number of benzene rings is 1. The standard InChI is InChI=1S/C11H15ClN2/c12-10-3-1-9(2-4-10)5-6-14-11-7-13-8-11/h1-4,11,13-14H,5-8H2. The van der Waals surface area contributed by atoms with E-state index in [1.54, 1.807) is 0 Å². The molecule has 1 aliphatic heterocycles. The van der Waals surface area contributed by atoms with Gasteiger partial charge >= 0.3 is 0 Å². The van der Waals surface area contributed by atoms with Gasteiger partial charge in [0.15, 0.2) is 0 Å². The minimum Gasteiger partial charge on any atom is -0.314 e. The molecule has 0 spiro atoms. The first-order valence-electron chi connectivity index (χ1n) is 5.03. The molecule has 1 aromatic rings. The third-order valence-electron chi connectivity index (χ3n) is 2.54. The van der Waals surface area contributed by atoms with Crippen molar-refractivity contribution < 1.29 is 0 Å². The summed E-state index contributed by atoms with van der Waals surface area (Å²) >= 11 is 5.80. The first-order valence-corrected chi connectivity index (χ1v) is 5.41. The molecule has 76 valence electrons. The van der Waals surface area contributed by atoms with Crippen LogP contribution in [-0.2, 0) is 6.42 Å². The molecule has 2 N–H and O–H groups in total. The average Bonchev–Trinajstić information content (AvgIpc) is 2.12. The number of nitrogens with one attached hydrogen (secondary N) is 2. The maximum Gasteiger partial charge on any atom is 0.0406 e. The first kappa shape index (κ1) is 9.97. The van der Waals surface area contributed by atoms with E-state index in [-0.39, 0.29) is 0 Å². The second-order valence-electron chi connectivity index (χ2n) is 3.69. The van der Waals surface area contributed by atoms with Crippen molar-refractivity contribution in [3.8, 4) is 0 Å². The highest BCUT2D eigenvalue weighted by Gasteiger charge is 2.14. The third-order valence-corrected chi connectivity index (χ3v) is 2.79. The lowest BCUT2D eigenvalue weighted by Gasteiger charge is -2.28. The fourth-order valence-corrected chi connectivity index (χ4v) is 1.63. The van der Waals surface area contributed by atoms with Crippen molar-refractivity contribution >= 4 is 11.6 Å². The van der Waals surface area contributed by atoms with E-state index in [0.717, 1.165) is 31.1 Å². The highest BCUT2D eigenvalue weighted by molar-refractivity contribution is 6.30. The Kier molecular flexibility index (Phi) is 3.40. The number of hydrogen-bond donors (Lipinski definition) is 2. The molecule has 3 heteroatoms. The van der Waals surface area contributed by atoms with E-state index in [1.165, 1.54) is 5.56 Å². The van der Waals surface area contributed by atoms with Crippen LogP contribution in [0.1, 0.15) is 5.56 Å². The van der Waals surface area contributed by atoms with Gasteiger partial charge in [0.05, 0.1) is 0 Å². The minimum atomic E-state index is 0.683. The van der Waals surface area contributed by atoms with Crippen molar-refractivity contribution in [2.45, 2.75) is 12.5 Å². The van der Waals surface area contributed by atoms with Crippen molar-refractivity contribution in [2.24, 2.45) is 0 Å². The van der Waals surface area contributed by atoms with Gasteiger partial charge in [-0.15, -0.1) is 0 Å². The van der Waals surface area contributed by atoms with Gasteiger partial charge in [-0.3, -0.25) is 0 Å². The molecule has 2 rings (SSSR count). The normalized spacial score (nSPS) is 16.6. The maximum absolute atomic E-state index is 5.80. The van der Waals surface area contributed by atoms with Crippen molar-refractivity contribution in [3.63, 3.8) is 0 Å². The van der Waals surface area contributed by atoms with Crippen LogP contribution in [0.2, 0.25) is 5.02 Å². The molecule has 0 radical (unpaired) electrons. The summed E-state index contributed by atoms with van der Waals surface area (Å²) < 4.78 is 0. The van der Waals surface area contributed by atoms with E-state index >= 15 is 0 Å². The zero-order valence-corrected chi connectivity index (χ0v) is 8.85. The lowest BCUT2D eigenvalue weighted by Crippen LogP contribution is -2.55. The SMILES string of the molecule is Clc1ccc(CCNC2CNC2)cc1. The van der Waals surface area contributed by atoms with Crippen LogP contribution in [0.5, 0.6) is 0 Å². The van der Waals surface area contributed by atoms with Gasteiger partial charge in [0, 0.05) is 24.2 Å². The molecule has 0 amide bonds. The van der Waals surface area contributed by atoms with Crippen molar-refractivity contribution in [1.29, 1.82) is 0 Å². The van der Waals surface area contributed by atoms with Crippen LogP contribution in [0.4, 0.5) is 0 Å². The zero-order chi connectivity index (χ0) is 9.80. The average molecular weight is 211 g/mol.